The fourth-order valence-electron chi connectivity index (χ4n) is 2.95. The van der Waals surface area contributed by atoms with E-state index in [1.807, 2.05) is 12.1 Å². The standard InChI is InChI=1S/C17H20ClNOS/c1-20-13-5-2-4-12(10-13)8-9-19-15-6-3-7-16-14(15)11-17(18)21-16/h2,4-5,10-11,15,19H,3,6-9H2,1H3. The molecule has 1 aromatic heterocycles. The summed E-state index contributed by atoms with van der Waals surface area (Å²) in [5, 5.41) is 3.68. The third-order valence-corrected chi connectivity index (χ3v) is 5.36. The minimum atomic E-state index is 0.461. The first kappa shape index (κ1) is 14.9. The Balaban J connectivity index is 1.58. The van der Waals surface area contributed by atoms with E-state index in [2.05, 4.69) is 23.5 Å². The number of aryl methyl sites for hydroxylation is 1. The number of benzene rings is 1. The highest BCUT2D eigenvalue weighted by molar-refractivity contribution is 7.16. The number of nitrogens with one attached hydrogen (secondary N) is 1. The maximum atomic E-state index is 6.16. The Kier molecular flexibility index (Phi) is 4.84. The van der Waals surface area contributed by atoms with Gasteiger partial charge in [-0.15, -0.1) is 11.3 Å². The molecule has 1 N–H and O–H groups in total. The van der Waals surface area contributed by atoms with Crippen LogP contribution in [0.25, 0.3) is 0 Å². The van der Waals surface area contributed by atoms with Crippen LogP contribution in [0, 0.1) is 0 Å². The van der Waals surface area contributed by atoms with E-state index < -0.39 is 0 Å². The zero-order valence-electron chi connectivity index (χ0n) is 12.2. The van der Waals surface area contributed by atoms with Crippen LogP contribution in [0.2, 0.25) is 4.34 Å². The summed E-state index contributed by atoms with van der Waals surface area (Å²) < 4.78 is 6.18. The molecule has 4 heteroatoms. The predicted molar refractivity (Wildman–Crippen MR) is 89.7 cm³/mol. The van der Waals surface area contributed by atoms with Gasteiger partial charge in [-0.05, 0) is 61.6 Å². The molecule has 0 bridgehead atoms. The molecule has 0 saturated heterocycles. The van der Waals surface area contributed by atoms with Gasteiger partial charge >= 0.3 is 0 Å². The summed E-state index contributed by atoms with van der Waals surface area (Å²) in [5.74, 6) is 0.928. The number of methoxy groups -OCH3 is 1. The van der Waals surface area contributed by atoms with Crippen molar-refractivity contribution >= 4 is 22.9 Å². The molecule has 1 aliphatic carbocycles. The molecule has 0 fully saturated rings. The number of hydrogen-bond donors (Lipinski definition) is 1. The van der Waals surface area contributed by atoms with Crippen molar-refractivity contribution < 1.29 is 4.74 Å². The molecular formula is C17H20ClNOS. The third kappa shape index (κ3) is 3.60. The lowest BCUT2D eigenvalue weighted by atomic mass is 9.94. The van der Waals surface area contributed by atoms with Gasteiger partial charge in [0.1, 0.15) is 5.75 Å². The maximum absolute atomic E-state index is 6.16. The van der Waals surface area contributed by atoms with Crippen molar-refractivity contribution in [1.82, 2.24) is 5.32 Å². The van der Waals surface area contributed by atoms with Crippen molar-refractivity contribution in [2.75, 3.05) is 13.7 Å². The Labute approximate surface area is 135 Å². The zero-order valence-corrected chi connectivity index (χ0v) is 13.8. The highest BCUT2D eigenvalue weighted by Crippen LogP contribution is 2.37. The first-order valence-electron chi connectivity index (χ1n) is 7.40. The van der Waals surface area contributed by atoms with E-state index in [0.717, 1.165) is 23.1 Å². The van der Waals surface area contributed by atoms with Crippen LogP contribution < -0.4 is 10.1 Å². The summed E-state index contributed by atoms with van der Waals surface area (Å²) in [6.45, 7) is 0.977. The first-order chi connectivity index (χ1) is 10.3. The number of hydrogen-bond acceptors (Lipinski definition) is 3. The third-order valence-electron chi connectivity index (χ3n) is 4.02. The van der Waals surface area contributed by atoms with Gasteiger partial charge in [-0.25, -0.2) is 0 Å². The largest absolute Gasteiger partial charge is 0.497 e. The average Bonchev–Trinajstić information content (AvgIpc) is 2.88. The SMILES string of the molecule is COc1cccc(CCNC2CCCc3sc(Cl)cc32)c1. The smallest absolute Gasteiger partial charge is 0.119 e. The number of halogens is 1. The number of fused-ring (bicyclic) bond motifs is 1. The lowest BCUT2D eigenvalue weighted by Gasteiger charge is -2.23. The zero-order chi connectivity index (χ0) is 14.7. The molecular weight excluding hydrogens is 302 g/mol. The Hall–Kier alpha value is -1.03. The van der Waals surface area contributed by atoms with Crippen LogP contribution in [0.1, 0.15) is 34.9 Å². The fourth-order valence-corrected chi connectivity index (χ4v) is 4.34. The van der Waals surface area contributed by atoms with E-state index >= 15 is 0 Å². The van der Waals surface area contributed by atoms with E-state index in [9.17, 15) is 0 Å². The summed E-state index contributed by atoms with van der Waals surface area (Å²) in [6, 6.07) is 10.9. The molecule has 0 aliphatic heterocycles. The lowest BCUT2D eigenvalue weighted by molar-refractivity contribution is 0.414. The van der Waals surface area contributed by atoms with Gasteiger partial charge in [-0.1, -0.05) is 23.7 Å². The highest BCUT2D eigenvalue weighted by atomic mass is 35.5. The molecule has 0 spiro atoms. The van der Waals surface area contributed by atoms with Crippen molar-refractivity contribution in [2.45, 2.75) is 31.7 Å². The Bertz CT molecular complexity index is 611. The van der Waals surface area contributed by atoms with Crippen molar-refractivity contribution in [2.24, 2.45) is 0 Å². The normalized spacial score (nSPS) is 17.5. The predicted octanol–water partition coefficient (Wildman–Crippen LogP) is 4.62. The fraction of sp³-hybridized carbons (Fsp3) is 0.412. The average molecular weight is 322 g/mol. The van der Waals surface area contributed by atoms with E-state index in [0.29, 0.717) is 6.04 Å². The molecule has 0 saturated carbocycles. The topological polar surface area (TPSA) is 21.3 Å². The minimum Gasteiger partial charge on any atom is -0.497 e. The van der Waals surface area contributed by atoms with E-state index in [1.54, 1.807) is 18.4 Å². The number of rotatable bonds is 5. The van der Waals surface area contributed by atoms with E-state index in [-0.39, 0.29) is 0 Å². The molecule has 1 heterocycles. The Morgan fingerprint density at radius 1 is 1.38 bits per heavy atom. The summed E-state index contributed by atoms with van der Waals surface area (Å²) in [4.78, 5) is 1.46. The summed E-state index contributed by atoms with van der Waals surface area (Å²) in [7, 11) is 1.71. The molecule has 1 aliphatic rings. The van der Waals surface area contributed by atoms with Gasteiger partial charge < -0.3 is 10.1 Å². The molecule has 112 valence electrons. The van der Waals surface area contributed by atoms with Gasteiger partial charge in [0.05, 0.1) is 11.4 Å². The van der Waals surface area contributed by atoms with Crippen molar-refractivity contribution in [3.63, 3.8) is 0 Å². The van der Waals surface area contributed by atoms with Crippen LogP contribution in [-0.4, -0.2) is 13.7 Å². The van der Waals surface area contributed by atoms with E-state index in [1.165, 1.54) is 35.3 Å². The molecule has 2 nitrogen and oxygen atoms in total. The molecule has 3 rings (SSSR count). The van der Waals surface area contributed by atoms with Gasteiger partial charge in [0.25, 0.3) is 0 Å². The maximum Gasteiger partial charge on any atom is 0.119 e. The second-order valence-corrected chi connectivity index (χ2v) is 7.20. The molecule has 1 atom stereocenters. The molecule has 0 amide bonds. The molecule has 0 radical (unpaired) electrons. The van der Waals surface area contributed by atoms with Gasteiger partial charge in [-0.2, -0.15) is 0 Å². The summed E-state index contributed by atoms with van der Waals surface area (Å²) in [6.07, 6.45) is 4.65. The first-order valence-corrected chi connectivity index (χ1v) is 8.60. The van der Waals surface area contributed by atoms with Crippen LogP contribution >= 0.6 is 22.9 Å². The van der Waals surface area contributed by atoms with Crippen molar-refractivity contribution in [3.8, 4) is 5.75 Å². The number of thiophene rings is 1. The second-order valence-electron chi connectivity index (χ2n) is 5.43. The van der Waals surface area contributed by atoms with E-state index in [4.69, 9.17) is 16.3 Å². The van der Waals surface area contributed by atoms with Crippen LogP contribution in [-0.2, 0) is 12.8 Å². The molecule has 2 aromatic rings. The monoisotopic (exact) mass is 321 g/mol. The van der Waals surface area contributed by atoms with Crippen LogP contribution in [0.5, 0.6) is 5.75 Å². The molecule has 1 aromatic carbocycles. The lowest BCUT2D eigenvalue weighted by Crippen LogP contribution is -2.26. The summed E-state index contributed by atoms with van der Waals surface area (Å²) >= 11 is 7.89. The Morgan fingerprint density at radius 2 is 2.29 bits per heavy atom. The molecule has 1 unspecified atom stereocenters. The van der Waals surface area contributed by atoms with Crippen LogP contribution in [0.3, 0.4) is 0 Å². The van der Waals surface area contributed by atoms with Crippen LogP contribution in [0.15, 0.2) is 30.3 Å². The minimum absolute atomic E-state index is 0.461. The van der Waals surface area contributed by atoms with Gasteiger partial charge in [0, 0.05) is 10.9 Å². The van der Waals surface area contributed by atoms with Gasteiger partial charge in [0.2, 0.25) is 0 Å². The van der Waals surface area contributed by atoms with Gasteiger partial charge in [0.15, 0.2) is 0 Å². The highest BCUT2D eigenvalue weighted by Gasteiger charge is 2.22. The van der Waals surface area contributed by atoms with Crippen molar-refractivity contribution in [3.05, 3.63) is 50.7 Å². The van der Waals surface area contributed by atoms with Gasteiger partial charge in [-0.3, -0.25) is 0 Å². The van der Waals surface area contributed by atoms with Crippen molar-refractivity contribution in [1.29, 1.82) is 0 Å². The Morgan fingerprint density at radius 3 is 3.14 bits per heavy atom. The van der Waals surface area contributed by atoms with Crippen LogP contribution in [0.4, 0.5) is 0 Å². The number of ether oxygens (including phenoxy) is 1. The second kappa shape index (κ2) is 6.82. The quantitative estimate of drug-likeness (QED) is 0.867. The molecule has 21 heavy (non-hydrogen) atoms. The summed E-state index contributed by atoms with van der Waals surface area (Å²) in [5.41, 5.74) is 2.73.